The van der Waals surface area contributed by atoms with Crippen molar-refractivity contribution in [1.82, 2.24) is 14.8 Å². The van der Waals surface area contributed by atoms with Crippen molar-refractivity contribution in [1.29, 1.82) is 0 Å². The molecule has 2 aromatic heterocycles. The van der Waals surface area contributed by atoms with Gasteiger partial charge in [0.2, 0.25) is 5.91 Å². The van der Waals surface area contributed by atoms with Crippen LogP contribution in [0.1, 0.15) is 38.3 Å². The van der Waals surface area contributed by atoms with Gasteiger partial charge in [0.15, 0.2) is 4.96 Å². The number of aromatic nitrogens is 2. The third-order valence-corrected chi connectivity index (χ3v) is 6.10. The van der Waals surface area contributed by atoms with E-state index in [0.29, 0.717) is 5.02 Å². The first-order valence-electron chi connectivity index (χ1n) is 9.14. The molecule has 1 aromatic carbocycles. The fraction of sp³-hybridized carbons (Fsp3) is 0.350. The largest absolute Gasteiger partial charge is 0.294 e. The molecule has 0 atom stereocenters. The van der Waals surface area contributed by atoms with Crippen LogP contribution in [0.15, 0.2) is 40.9 Å². The Balaban J connectivity index is 1.45. The Hall–Kier alpha value is -2.18. The molecular weight excluding hydrogens is 380 g/mol. The highest BCUT2D eigenvalue weighted by Crippen LogP contribution is 2.25. The summed E-state index contributed by atoms with van der Waals surface area (Å²) in [5, 5.41) is 7.00. The maximum absolute atomic E-state index is 12.3. The third-order valence-electron chi connectivity index (χ3n) is 4.96. The Kier molecular flexibility index (Phi) is 5.27. The number of hydrogen-bond donors (Lipinski definition) is 1. The number of hydrogen-bond acceptors (Lipinski definition) is 4. The van der Waals surface area contributed by atoms with Gasteiger partial charge in [0.1, 0.15) is 0 Å². The van der Waals surface area contributed by atoms with Crippen molar-refractivity contribution in [3.63, 3.8) is 0 Å². The van der Waals surface area contributed by atoms with E-state index < -0.39 is 0 Å². The van der Waals surface area contributed by atoms with Gasteiger partial charge in [0.05, 0.1) is 12.1 Å². The van der Waals surface area contributed by atoms with E-state index in [1.165, 1.54) is 11.3 Å². The van der Waals surface area contributed by atoms with E-state index in [4.69, 9.17) is 11.6 Å². The van der Waals surface area contributed by atoms with Crippen LogP contribution in [-0.4, -0.2) is 21.0 Å². The lowest BCUT2D eigenvalue weighted by Crippen LogP contribution is -2.23. The average molecular weight is 401 g/mol. The Morgan fingerprint density at radius 3 is 2.81 bits per heavy atom. The number of nitrogens with zero attached hydrogens (tertiary/aromatic N) is 3. The topological polar surface area (TPSA) is 58.8 Å². The second-order valence-corrected chi connectivity index (χ2v) is 8.36. The van der Waals surface area contributed by atoms with Crippen molar-refractivity contribution >= 4 is 39.5 Å². The number of imidazole rings is 1. The average Bonchev–Trinajstić information content (AvgIpc) is 3.24. The van der Waals surface area contributed by atoms with Gasteiger partial charge >= 0.3 is 0 Å². The Morgan fingerprint density at radius 2 is 2.07 bits per heavy atom. The van der Waals surface area contributed by atoms with E-state index in [1.807, 2.05) is 40.2 Å². The van der Waals surface area contributed by atoms with Crippen LogP contribution in [0.3, 0.4) is 0 Å². The molecule has 5 nitrogen and oxygen atoms in total. The highest BCUT2D eigenvalue weighted by molar-refractivity contribution is 7.15. The zero-order valence-corrected chi connectivity index (χ0v) is 16.7. The zero-order chi connectivity index (χ0) is 18.8. The van der Waals surface area contributed by atoms with Gasteiger partial charge in [-0.05, 0) is 43.7 Å². The molecule has 0 unspecified atom stereocenters. The summed E-state index contributed by atoms with van der Waals surface area (Å²) in [6.45, 7) is 2.26. The fourth-order valence-corrected chi connectivity index (χ4v) is 4.27. The summed E-state index contributed by atoms with van der Waals surface area (Å²) in [6.07, 6.45) is 6.52. The third kappa shape index (κ3) is 4.22. The van der Waals surface area contributed by atoms with E-state index >= 15 is 0 Å². The molecule has 2 heterocycles. The molecule has 0 saturated heterocycles. The minimum atomic E-state index is -0.0948. The van der Waals surface area contributed by atoms with Gasteiger partial charge in [-0.3, -0.25) is 9.20 Å². The Labute approximate surface area is 167 Å². The van der Waals surface area contributed by atoms with Crippen LogP contribution in [0.5, 0.6) is 0 Å². The molecule has 0 radical (unpaired) electrons. The minimum absolute atomic E-state index is 0.0948. The molecule has 4 rings (SSSR count). The van der Waals surface area contributed by atoms with Crippen LogP contribution < -0.4 is 5.43 Å². The van der Waals surface area contributed by atoms with E-state index in [1.54, 1.807) is 0 Å². The standard InChI is InChI=1S/C20H21ClN4OS/c1-13-2-8-16(9-3-13)23-24-19(26)10-17-12-27-20-22-18(11-25(17)20)14-4-6-15(21)7-5-14/h4-7,11-13H,2-3,8-10H2,1H3,(H,24,26). The number of fused-ring (bicyclic) bond motifs is 1. The van der Waals surface area contributed by atoms with E-state index in [9.17, 15) is 4.79 Å². The number of halogens is 1. The van der Waals surface area contributed by atoms with Gasteiger partial charge in [0, 0.05) is 33.6 Å². The van der Waals surface area contributed by atoms with Crippen LogP contribution in [0.25, 0.3) is 16.2 Å². The summed E-state index contributed by atoms with van der Waals surface area (Å²) in [5.74, 6) is 0.664. The second-order valence-electron chi connectivity index (χ2n) is 7.08. The summed E-state index contributed by atoms with van der Waals surface area (Å²) < 4.78 is 1.98. The summed E-state index contributed by atoms with van der Waals surface area (Å²) >= 11 is 7.48. The molecule has 1 aliphatic rings. The molecule has 1 amide bonds. The summed E-state index contributed by atoms with van der Waals surface area (Å²) in [7, 11) is 0. The fourth-order valence-electron chi connectivity index (χ4n) is 3.27. The molecule has 1 aliphatic carbocycles. The number of carbonyl (C=O) groups excluding carboxylic acids is 1. The van der Waals surface area contributed by atoms with Crippen molar-refractivity contribution in [2.75, 3.05) is 0 Å². The number of carbonyl (C=O) groups is 1. The second kappa shape index (κ2) is 7.82. The minimum Gasteiger partial charge on any atom is -0.294 e. The van der Waals surface area contributed by atoms with Gasteiger partial charge in [-0.2, -0.15) is 5.10 Å². The van der Waals surface area contributed by atoms with Crippen molar-refractivity contribution in [2.24, 2.45) is 11.0 Å². The van der Waals surface area contributed by atoms with Crippen LogP contribution in [0.2, 0.25) is 5.02 Å². The molecule has 0 spiro atoms. The highest BCUT2D eigenvalue weighted by Gasteiger charge is 2.15. The number of benzene rings is 1. The molecule has 3 aromatic rings. The van der Waals surface area contributed by atoms with Gasteiger partial charge in [-0.15, -0.1) is 11.3 Å². The lowest BCUT2D eigenvalue weighted by atomic mass is 9.90. The quantitative estimate of drug-likeness (QED) is 0.630. The van der Waals surface area contributed by atoms with E-state index in [2.05, 4.69) is 22.4 Å². The lowest BCUT2D eigenvalue weighted by Gasteiger charge is -2.18. The van der Waals surface area contributed by atoms with Crippen LogP contribution in [0.4, 0.5) is 0 Å². The Morgan fingerprint density at radius 1 is 1.33 bits per heavy atom. The number of hydrazone groups is 1. The van der Waals surface area contributed by atoms with Gasteiger partial charge < -0.3 is 0 Å². The molecule has 7 heteroatoms. The highest BCUT2D eigenvalue weighted by atomic mass is 35.5. The first-order chi connectivity index (χ1) is 13.1. The van der Waals surface area contributed by atoms with Crippen molar-refractivity contribution < 1.29 is 4.79 Å². The number of amides is 1. The van der Waals surface area contributed by atoms with Crippen molar-refractivity contribution in [3.8, 4) is 11.3 Å². The lowest BCUT2D eigenvalue weighted by molar-refractivity contribution is -0.120. The molecule has 1 N–H and O–H groups in total. The number of nitrogens with one attached hydrogen (secondary N) is 1. The smallest absolute Gasteiger partial charge is 0.246 e. The maximum atomic E-state index is 12.3. The predicted molar refractivity (Wildman–Crippen MR) is 110 cm³/mol. The van der Waals surface area contributed by atoms with Crippen LogP contribution in [-0.2, 0) is 11.2 Å². The maximum Gasteiger partial charge on any atom is 0.246 e. The number of thiazole rings is 1. The van der Waals surface area contributed by atoms with Crippen molar-refractivity contribution in [2.45, 2.75) is 39.0 Å². The van der Waals surface area contributed by atoms with Gasteiger partial charge in [-0.1, -0.05) is 30.7 Å². The normalized spacial score (nSPS) is 17.3. The SMILES string of the molecule is CC1CCC(=NNC(=O)Cc2csc3nc(-c4ccc(Cl)cc4)cn23)CC1. The van der Waals surface area contributed by atoms with Crippen LogP contribution in [0, 0.1) is 5.92 Å². The van der Waals surface area contributed by atoms with Gasteiger partial charge in [-0.25, -0.2) is 10.4 Å². The van der Waals surface area contributed by atoms with E-state index in [0.717, 1.165) is 59.2 Å². The van der Waals surface area contributed by atoms with Crippen molar-refractivity contribution in [3.05, 3.63) is 46.6 Å². The van der Waals surface area contributed by atoms with Gasteiger partial charge in [0.25, 0.3) is 0 Å². The Bertz CT molecular complexity index is 979. The summed E-state index contributed by atoms with van der Waals surface area (Å²) in [4.78, 5) is 17.8. The monoisotopic (exact) mass is 400 g/mol. The molecule has 1 saturated carbocycles. The molecular formula is C20H21ClN4OS. The molecule has 140 valence electrons. The summed E-state index contributed by atoms with van der Waals surface area (Å²) in [6, 6.07) is 7.60. The summed E-state index contributed by atoms with van der Waals surface area (Å²) in [5.41, 5.74) is 6.61. The first-order valence-corrected chi connectivity index (χ1v) is 10.4. The molecule has 1 fully saturated rings. The number of rotatable bonds is 4. The predicted octanol–water partition coefficient (Wildman–Crippen LogP) is 4.94. The first kappa shape index (κ1) is 18.2. The molecule has 0 aliphatic heterocycles. The molecule has 27 heavy (non-hydrogen) atoms. The van der Waals surface area contributed by atoms with E-state index in [-0.39, 0.29) is 12.3 Å². The van der Waals surface area contributed by atoms with Crippen LogP contribution >= 0.6 is 22.9 Å². The zero-order valence-electron chi connectivity index (χ0n) is 15.1. The molecule has 0 bridgehead atoms.